The molecule has 108 valence electrons. The van der Waals surface area contributed by atoms with Gasteiger partial charge in [0.2, 0.25) is 10.0 Å². The normalized spacial score (nSPS) is 16.8. The fraction of sp³-hybridized carbons (Fsp3) is 0.538. The average Bonchev–Trinajstić information content (AvgIpc) is 2.48. The zero-order chi connectivity index (χ0) is 14.4. The van der Waals surface area contributed by atoms with E-state index in [9.17, 15) is 8.42 Å². The molecule has 1 N–H and O–H groups in total. The van der Waals surface area contributed by atoms with Crippen molar-refractivity contribution < 1.29 is 8.42 Å². The van der Waals surface area contributed by atoms with Crippen molar-refractivity contribution in [2.24, 2.45) is 0 Å². The molecule has 0 aromatic carbocycles. The molecule has 6 nitrogen and oxygen atoms in total. The summed E-state index contributed by atoms with van der Waals surface area (Å²) in [5.41, 5.74) is -0.0713. The summed E-state index contributed by atoms with van der Waals surface area (Å²) in [7, 11) is -3.67. The van der Waals surface area contributed by atoms with Crippen LogP contribution in [0.25, 0.3) is 0 Å². The van der Waals surface area contributed by atoms with Crippen LogP contribution in [0.3, 0.4) is 0 Å². The molecule has 1 aliphatic heterocycles. The molecule has 1 aromatic heterocycles. The van der Waals surface area contributed by atoms with Crippen LogP contribution in [0.15, 0.2) is 23.2 Å². The maximum absolute atomic E-state index is 12.1. The lowest BCUT2D eigenvalue weighted by atomic mass is 10.1. The third-order valence-corrected chi connectivity index (χ3v) is 4.83. The summed E-state index contributed by atoms with van der Waals surface area (Å²) >= 11 is 0. The Labute approximate surface area is 119 Å². The van der Waals surface area contributed by atoms with E-state index in [0.717, 1.165) is 13.1 Å². The molecule has 0 amide bonds. The summed E-state index contributed by atoms with van der Waals surface area (Å²) in [5.74, 6) is 0. The Balaban J connectivity index is 1.95. The molecule has 0 bridgehead atoms. The van der Waals surface area contributed by atoms with Gasteiger partial charge in [-0.2, -0.15) is 5.26 Å². The van der Waals surface area contributed by atoms with Gasteiger partial charge in [0.25, 0.3) is 0 Å². The number of aromatic nitrogens is 1. The van der Waals surface area contributed by atoms with Crippen molar-refractivity contribution in [3.05, 3.63) is 24.0 Å². The second-order valence-corrected chi connectivity index (χ2v) is 6.50. The first-order chi connectivity index (χ1) is 9.63. The van der Waals surface area contributed by atoms with E-state index in [-0.39, 0.29) is 10.6 Å². The van der Waals surface area contributed by atoms with E-state index in [2.05, 4.69) is 14.6 Å². The van der Waals surface area contributed by atoms with Crippen LogP contribution in [0.4, 0.5) is 0 Å². The number of piperidine rings is 1. The van der Waals surface area contributed by atoms with Crippen LogP contribution in [0.5, 0.6) is 0 Å². The van der Waals surface area contributed by atoms with Crippen LogP contribution in [0.1, 0.15) is 25.0 Å². The first-order valence-electron chi connectivity index (χ1n) is 6.70. The molecule has 0 unspecified atom stereocenters. The summed E-state index contributed by atoms with van der Waals surface area (Å²) in [6, 6.07) is 4.71. The number of hydrogen-bond acceptors (Lipinski definition) is 5. The summed E-state index contributed by atoms with van der Waals surface area (Å²) in [5, 5.41) is 8.90. The summed E-state index contributed by atoms with van der Waals surface area (Å²) in [4.78, 5) is 5.97. The second-order valence-electron chi connectivity index (χ2n) is 4.76. The fourth-order valence-corrected chi connectivity index (χ4v) is 3.42. The van der Waals surface area contributed by atoms with Gasteiger partial charge in [0.15, 0.2) is 5.69 Å². The van der Waals surface area contributed by atoms with Crippen LogP contribution < -0.4 is 4.72 Å². The minimum absolute atomic E-state index is 0.0545. The number of pyridine rings is 1. The van der Waals surface area contributed by atoms with E-state index in [1.807, 2.05) is 0 Å². The third-order valence-electron chi connectivity index (χ3n) is 3.33. The first-order valence-corrected chi connectivity index (χ1v) is 8.19. The molecule has 7 heteroatoms. The van der Waals surface area contributed by atoms with Gasteiger partial charge in [-0.3, -0.25) is 0 Å². The molecule has 1 saturated heterocycles. The van der Waals surface area contributed by atoms with Gasteiger partial charge in [0.05, 0.1) is 0 Å². The smallest absolute Gasteiger partial charge is 0.243 e. The van der Waals surface area contributed by atoms with E-state index in [0.29, 0.717) is 13.1 Å². The van der Waals surface area contributed by atoms with Crippen molar-refractivity contribution in [3.8, 4) is 6.07 Å². The van der Waals surface area contributed by atoms with Gasteiger partial charge in [0, 0.05) is 19.3 Å². The Morgan fingerprint density at radius 1 is 1.35 bits per heavy atom. The number of nitrogens with zero attached hydrogens (tertiary/aromatic N) is 3. The average molecular weight is 294 g/mol. The second kappa shape index (κ2) is 6.79. The largest absolute Gasteiger partial charge is 0.302 e. The molecule has 1 aliphatic rings. The molecular weight excluding hydrogens is 276 g/mol. The van der Waals surface area contributed by atoms with Crippen LogP contribution in [0.2, 0.25) is 0 Å². The summed E-state index contributed by atoms with van der Waals surface area (Å²) < 4.78 is 26.8. The number of hydrogen-bond donors (Lipinski definition) is 1. The minimum Gasteiger partial charge on any atom is -0.302 e. The van der Waals surface area contributed by atoms with Crippen molar-refractivity contribution in [1.82, 2.24) is 14.6 Å². The van der Waals surface area contributed by atoms with Gasteiger partial charge >= 0.3 is 0 Å². The van der Waals surface area contributed by atoms with Gasteiger partial charge < -0.3 is 4.90 Å². The van der Waals surface area contributed by atoms with Crippen LogP contribution >= 0.6 is 0 Å². The standard InChI is InChI=1S/C13H18N4O2S/c14-11-12-13(5-4-6-15-12)20(18,19)16-7-10-17-8-2-1-3-9-17/h4-6,16H,1-3,7-10H2. The van der Waals surface area contributed by atoms with E-state index in [1.165, 1.54) is 37.6 Å². The number of nitrogens with one attached hydrogen (secondary N) is 1. The molecule has 0 saturated carbocycles. The number of nitriles is 1. The molecule has 2 heterocycles. The maximum Gasteiger partial charge on any atom is 0.243 e. The molecule has 1 aromatic rings. The maximum atomic E-state index is 12.1. The SMILES string of the molecule is N#Cc1ncccc1S(=O)(=O)NCCN1CCCCC1. The van der Waals surface area contributed by atoms with Gasteiger partial charge in [-0.15, -0.1) is 0 Å². The van der Waals surface area contributed by atoms with E-state index >= 15 is 0 Å². The lowest BCUT2D eigenvalue weighted by Crippen LogP contribution is -2.37. The topological polar surface area (TPSA) is 86.1 Å². The highest BCUT2D eigenvalue weighted by Crippen LogP contribution is 2.12. The van der Waals surface area contributed by atoms with Gasteiger partial charge in [0.1, 0.15) is 11.0 Å². The molecule has 0 spiro atoms. The Hall–Kier alpha value is -1.49. The molecule has 0 aliphatic carbocycles. The molecule has 0 radical (unpaired) electrons. The monoisotopic (exact) mass is 294 g/mol. The quantitative estimate of drug-likeness (QED) is 0.864. The van der Waals surface area contributed by atoms with Crippen LogP contribution in [-0.4, -0.2) is 44.5 Å². The predicted molar refractivity (Wildman–Crippen MR) is 74.4 cm³/mol. The number of sulfonamides is 1. The molecule has 20 heavy (non-hydrogen) atoms. The Kier molecular flexibility index (Phi) is 5.06. The molecule has 2 rings (SSSR count). The van der Waals surface area contributed by atoms with Crippen LogP contribution in [0, 0.1) is 11.3 Å². The molecule has 0 atom stereocenters. The predicted octanol–water partition coefficient (Wildman–Crippen LogP) is 0.717. The van der Waals surface area contributed by atoms with Gasteiger partial charge in [-0.05, 0) is 38.1 Å². The zero-order valence-corrected chi connectivity index (χ0v) is 12.1. The van der Waals surface area contributed by atoms with E-state index in [1.54, 1.807) is 6.07 Å². The summed E-state index contributed by atoms with van der Waals surface area (Å²) in [6.45, 7) is 3.10. The van der Waals surface area contributed by atoms with Crippen molar-refractivity contribution in [1.29, 1.82) is 5.26 Å². The van der Waals surface area contributed by atoms with E-state index < -0.39 is 10.0 Å². The van der Waals surface area contributed by atoms with Gasteiger partial charge in [-0.1, -0.05) is 6.42 Å². The highest BCUT2D eigenvalue weighted by molar-refractivity contribution is 7.89. The fourth-order valence-electron chi connectivity index (χ4n) is 2.29. The van der Waals surface area contributed by atoms with Crippen molar-refractivity contribution in [2.45, 2.75) is 24.2 Å². The van der Waals surface area contributed by atoms with Gasteiger partial charge in [-0.25, -0.2) is 18.1 Å². The Morgan fingerprint density at radius 3 is 2.80 bits per heavy atom. The molecular formula is C13H18N4O2S. The van der Waals surface area contributed by atoms with Crippen LogP contribution in [-0.2, 0) is 10.0 Å². The lowest BCUT2D eigenvalue weighted by molar-refractivity contribution is 0.233. The first kappa shape index (κ1) is 14.9. The Morgan fingerprint density at radius 2 is 2.10 bits per heavy atom. The van der Waals surface area contributed by atoms with Crippen molar-refractivity contribution in [3.63, 3.8) is 0 Å². The number of rotatable bonds is 5. The minimum atomic E-state index is -3.67. The molecule has 1 fully saturated rings. The van der Waals surface area contributed by atoms with Crippen molar-refractivity contribution >= 4 is 10.0 Å². The van der Waals surface area contributed by atoms with E-state index in [4.69, 9.17) is 5.26 Å². The number of likely N-dealkylation sites (tertiary alicyclic amines) is 1. The highest BCUT2D eigenvalue weighted by Gasteiger charge is 2.19. The Bertz CT molecular complexity index is 589. The third kappa shape index (κ3) is 3.76. The summed E-state index contributed by atoms with van der Waals surface area (Å²) in [6.07, 6.45) is 5.01. The zero-order valence-electron chi connectivity index (χ0n) is 11.2. The lowest BCUT2D eigenvalue weighted by Gasteiger charge is -2.26. The highest BCUT2D eigenvalue weighted by atomic mass is 32.2. The van der Waals surface area contributed by atoms with Crippen molar-refractivity contribution in [2.75, 3.05) is 26.2 Å².